The molecule has 0 saturated carbocycles. The normalized spacial score (nSPS) is 11.0. The number of non-ortho nitro benzene ring substituents is 1. The molecule has 37 heavy (non-hydrogen) atoms. The molecule has 0 radical (unpaired) electrons. The molecule has 1 amide bonds. The van der Waals surface area contributed by atoms with Gasteiger partial charge in [-0.15, -0.1) is 10.2 Å². The van der Waals surface area contributed by atoms with E-state index in [0.29, 0.717) is 28.9 Å². The zero-order chi connectivity index (χ0) is 26.2. The van der Waals surface area contributed by atoms with Gasteiger partial charge in [-0.2, -0.15) is 5.10 Å². The summed E-state index contributed by atoms with van der Waals surface area (Å²) in [6, 6.07) is 21.4. The summed E-state index contributed by atoms with van der Waals surface area (Å²) in [6.07, 6.45) is 1.53. The highest BCUT2D eigenvalue weighted by molar-refractivity contribution is 9.10. The van der Waals surface area contributed by atoms with Crippen molar-refractivity contribution in [2.75, 3.05) is 5.75 Å². The second kappa shape index (κ2) is 12.3. The first kappa shape index (κ1) is 26.0. The van der Waals surface area contributed by atoms with E-state index in [9.17, 15) is 14.9 Å². The Morgan fingerprint density at radius 1 is 1.16 bits per heavy atom. The van der Waals surface area contributed by atoms with E-state index in [0.717, 1.165) is 15.6 Å². The van der Waals surface area contributed by atoms with E-state index < -0.39 is 4.92 Å². The van der Waals surface area contributed by atoms with Crippen LogP contribution >= 0.6 is 27.7 Å². The van der Waals surface area contributed by atoms with Crippen molar-refractivity contribution in [2.45, 2.75) is 11.8 Å². The topological polar surface area (TPSA) is 125 Å². The molecular formula is C25H21BrN6O4S. The third-order valence-electron chi connectivity index (χ3n) is 5.10. The molecule has 0 aliphatic rings. The molecule has 0 aliphatic heterocycles. The number of hydrogen-bond donors (Lipinski definition) is 1. The van der Waals surface area contributed by atoms with Crippen molar-refractivity contribution in [2.24, 2.45) is 12.1 Å². The highest BCUT2D eigenvalue weighted by atomic mass is 79.9. The molecule has 0 fully saturated rings. The van der Waals surface area contributed by atoms with Gasteiger partial charge in [0.15, 0.2) is 11.0 Å². The summed E-state index contributed by atoms with van der Waals surface area (Å²) in [5, 5.41) is 23.8. The summed E-state index contributed by atoms with van der Waals surface area (Å²) in [4.78, 5) is 22.9. The van der Waals surface area contributed by atoms with Gasteiger partial charge in [-0.05, 0) is 29.8 Å². The van der Waals surface area contributed by atoms with Crippen LogP contribution in [-0.2, 0) is 18.4 Å². The Morgan fingerprint density at radius 3 is 2.73 bits per heavy atom. The quantitative estimate of drug-likeness (QED) is 0.121. The van der Waals surface area contributed by atoms with Crippen LogP contribution in [0.1, 0.15) is 11.1 Å². The molecule has 1 aromatic heterocycles. The SMILES string of the molecule is Cn1c(SCC(=O)NN=Cc2ccccc2OCc2ccc(Br)cc2)nnc1-c1cccc([N+](=O)[O-])c1. The molecule has 0 spiro atoms. The predicted octanol–water partition coefficient (Wildman–Crippen LogP) is 4.97. The fourth-order valence-electron chi connectivity index (χ4n) is 3.25. The van der Waals surface area contributed by atoms with Gasteiger partial charge >= 0.3 is 0 Å². The number of nitrogens with one attached hydrogen (secondary N) is 1. The average Bonchev–Trinajstić information content (AvgIpc) is 3.28. The molecule has 0 aliphatic carbocycles. The van der Waals surface area contributed by atoms with Crippen LogP contribution in [0, 0.1) is 10.1 Å². The standard InChI is InChI=1S/C25H21BrN6O4S/c1-31-24(18-6-4-7-21(13-18)32(34)35)29-30-25(31)37-16-23(33)28-27-14-19-5-2-3-8-22(19)36-15-17-9-11-20(26)12-10-17/h2-14H,15-16H2,1H3,(H,28,33). The summed E-state index contributed by atoms with van der Waals surface area (Å²) in [5.41, 5.74) is 4.78. The monoisotopic (exact) mass is 580 g/mol. The summed E-state index contributed by atoms with van der Waals surface area (Å²) in [6.45, 7) is 0.400. The number of aromatic nitrogens is 3. The lowest BCUT2D eigenvalue weighted by Gasteiger charge is -2.09. The number of para-hydroxylation sites is 1. The lowest BCUT2D eigenvalue weighted by atomic mass is 10.2. The van der Waals surface area contributed by atoms with Gasteiger partial charge in [-0.1, -0.05) is 64.1 Å². The first-order valence-electron chi connectivity index (χ1n) is 11.0. The molecule has 0 atom stereocenters. The minimum Gasteiger partial charge on any atom is -0.488 e. The lowest BCUT2D eigenvalue weighted by molar-refractivity contribution is -0.384. The van der Waals surface area contributed by atoms with E-state index in [-0.39, 0.29) is 17.3 Å². The summed E-state index contributed by atoms with van der Waals surface area (Å²) in [5.74, 6) is 0.837. The van der Waals surface area contributed by atoms with E-state index in [1.54, 1.807) is 23.7 Å². The van der Waals surface area contributed by atoms with E-state index in [1.165, 1.54) is 30.1 Å². The Morgan fingerprint density at radius 2 is 1.95 bits per heavy atom. The molecule has 0 unspecified atom stereocenters. The second-order valence-electron chi connectivity index (χ2n) is 7.71. The smallest absolute Gasteiger partial charge is 0.270 e. The van der Waals surface area contributed by atoms with Crippen LogP contribution in [0.15, 0.2) is 87.5 Å². The maximum absolute atomic E-state index is 12.3. The van der Waals surface area contributed by atoms with E-state index in [4.69, 9.17) is 4.74 Å². The van der Waals surface area contributed by atoms with Gasteiger partial charge < -0.3 is 9.30 Å². The third kappa shape index (κ3) is 7.02. The number of carbonyl (C=O) groups excluding carboxylic acids is 1. The molecule has 0 bridgehead atoms. The maximum atomic E-state index is 12.3. The number of nitro groups is 1. The largest absolute Gasteiger partial charge is 0.488 e. The van der Waals surface area contributed by atoms with Crippen molar-refractivity contribution in [3.8, 4) is 17.1 Å². The molecule has 0 saturated heterocycles. The molecule has 1 N–H and O–H groups in total. The Bertz CT molecular complexity index is 1440. The van der Waals surface area contributed by atoms with Gasteiger partial charge in [0.1, 0.15) is 12.4 Å². The van der Waals surface area contributed by atoms with Crippen LogP contribution < -0.4 is 10.2 Å². The maximum Gasteiger partial charge on any atom is 0.270 e. The lowest BCUT2D eigenvalue weighted by Crippen LogP contribution is -2.20. The van der Waals surface area contributed by atoms with Crippen LogP contribution in [0.25, 0.3) is 11.4 Å². The zero-order valence-electron chi connectivity index (χ0n) is 19.6. The first-order valence-corrected chi connectivity index (χ1v) is 12.7. The molecular weight excluding hydrogens is 560 g/mol. The van der Waals surface area contributed by atoms with Gasteiger partial charge in [-0.3, -0.25) is 14.9 Å². The minimum atomic E-state index is -0.465. The number of hydrogen-bond acceptors (Lipinski definition) is 8. The van der Waals surface area contributed by atoms with Gasteiger partial charge in [0.25, 0.3) is 11.6 Å². The van der Waals surface area contributed by atoms with Crippen molar-refractivity contribution < 1.29 is 14.5 Å². The first-order chi connectivity index (χ1) is 17.9. The van der Waals surface area contributed by atoms with Crippen LogP contribution in [0.3, 0.4) is 0 Å². The van der Waals surface area contributed by atoms with Crippen molar-refractivity contribution in [3.63, 3.8) is 0 Å². The van der Waals surface area contributed by atoms with Crippen molar-refractivity contribution >= 4 is 45.5 Å². The van der Waals surface area contributed by atoms with Crippen LogP contribution in [0.4, 0.5) is 5.69 Å². The van der Waals surface area contributed by atoms with Gasteiger partial charge in [0.05, 0.1) is 16.9 Å². The van der Waals surface area contributed by atoms with Gasteiger partial charge in [-0.25, -0.2) is 5.43 Å². The minimum absolute atomic E-state index is 0.0350. The molecule has 4 rings (SSSR count). The second-order valence-corrected chi connectivity index (χ2v) is 9.57. The summed E-state index contributed by atoms with van der Waals surface area (Å²) in [7, 11) is 1.73. The molecule has 4 aromatic rings. The Labute approximate surface area is 225 Å². The zero-order valence-corrected chi connectivity index (χ0v) is 22.0. The number of ether oxygens (including phenoxy) is 1. The number of nitrogens with zero attached hydrogens (tertiary/aromatic N) is 5. The van der Waals surface area contributed by atoms with Crippen LogP contribution in [0.2, 0.25) is 0 Å². The molecule has 10 nitrogen and oxygen atoms in total. The molecule has 188 valence electrons. The highest BCUT2D eigenvalue weighted by Crippen LogP contribution is 2.25. The van der Waals surface area contributed by atoms with E-state index >= 15 is 0 Å². The number of amides is 1. The predicted molar refractivity (Wildman–Crippen MR) is 144 cm³/mol. The summed E-state index contributed by atoms with van der Waals surface area (Å²) >= 11 is 4.59. The average molecular weight is 581 g/mol. The van der Waals surface area contributed by atoms with Crippen LogP contribution in [-0.4, -0.2) is 37.6 Å². The number of halogens is 1. The Kier molecular flexibility index (Phi) is 8.64. The van der Waals surface area contributed by atoms with Crippen molar-refractivity contribution in [3.05, 3.63) is 98.5 Å². The molecule has 12 heteroatoms. The summed E-state index contributed by atoms with van der Waals surface area (Å²) < 4.78 is 8.60. The Hall–Kier alpha value is -4.03. The number of rotatable bonds is 10. The Balaban J connectivity index is 1.31. The molecule has 3 aromatic carbocycles. The number of hydrazone groups is 1. The number of carbonyl (C=O) groups is 1. The number of benzene rings is 3. The van der Waals surface area contributed by atoms with Crippen molar-refractivity contribution in [1.82, 2.24) is 20.2 Å². The van der Waals surface area contributed by atoms with Crippen LogP contribution in [0.5, 0.6) is 5.75 Å². The fraction of sp³-hybridized carbons (Fsp3) is 0.120. The number of thioether (sulfide) groups is 1. The number of nitro benzene ring substituents is 1. The molecule has 1 heterocycles. The highest BCUT2D eigenvalue weighted by Gasteiger charge is 2.15. The van der Waals surface area contributed by atoms with Crippen molar-refractivity contribution in [1.29, 1.82) is 0 Å². The third-order valence-corrected chi connectivity index (χ3v) is 6.65. The van der Waals surface area contributed by atoms with Gasteiger partial charge in [0.2, 0.25) is 0 Å². The van der Waals surface area contributed by atoms with Gasteiger partial charge in [0, 0.05) is 34.8 Å². The fourth-order valence-corrected chi connectivity index (χ4v) is 4.21. The van der Waals surface area contributed by atoms with E-state index in [1.807, 2.05) is 48.5 Å². The van der Waals surface area contributed by atoms with E-state index in [2.05, 4.69) is 36.7 Å².